The zero-order chi connectivity index (χ0) is 13.7. The van der Waals surface area contributed by atoms with Crippen molar-refractivity contribution in [1.82, 2.24) is 0 Å². The molecule has 0 aromatic heterocycles. The minimum absolute atomic E-state index is 0.000183. The maximum absolute atomic E-state index is 11.1. The third kappa shape index (κ3) is 10.7. The highest BCUT2D eigenvalue weighted by Gasteiger charge is 2.20. The first-order valence-corrected chi connectivity index (χ1v) is 7.81. The fourth-order valence-corrected chi connectivity index (χ4v) is 2.42. The molecule has 0 amide bonds. The Morgan fingerprint density at radius 1 is 1.24 bits per heavy atom. The van der Waals surface area contributed by atoms with Crippen LogP contribution in [0.5, 0.6) is 0 Å². The summed E-state index contributed by atoms with van der Waals surface area (Å²) in [5, 5.41) is 5.06. The summed E-state index contributed by atoms with van der Waals surface area (Å²) in [6, 6.07) is 0. The topological polar surface area (TPSA) is 69.4 Å². The largest absolute Gasteiger partial charge is 0.381 e. The summed E-state index contributed by atoms with van der Waals surface area (Å²) < 4.78 is 27.7. The smallest absolute Gasteiger partial charge is 0.209 e. The second-order valence-corrected chi connectivity index (χ2v) is 7.88. The molecule has 0 aliphatic rings. The van der Waals surface area contributed by atoms with E-state index in [0.29, 0.717) is 13.2 Å². The van der Waals surface area contributed by atoms with Gasteiger partial charge in [0, 0.05) is 6.61 Å². The van der Waals surface area contributed by atoms with Crippen molar-refractivity contribution < 1.29 is 13.2 Å². The van der Waals surface area contributed by atoms with Gasteiger partial charge in [0.2, 0.25) is 10.0 Å². The van der Waals surface area contributed by atoms with E-state index in [4.69, 9.17) is 9.88 Å². The Morgan fingerprint density at radius 2 is 1.76 bits per heavy atom. The summed E-state index contributed by atoms with van der Waals surface area (Å²) in [7, 11) is -3.41. The molecule has 0 spiro atoms. The van der Waals surface area contributed by atoms with Crippen molar-refractivity contribution in [3.63, 3.8) is 0 Å². The van der Waals surface area contributed by atoms with Crippen LogP contribution >= 0.6 is 0 Å². The lowest BCUT2D eigenvalue weighted by Gasteiger charge is -2.22. The monoisotopic (exact) mass is 265 g/mol. The highest BCUT2D eigenvalue weighted by molar-refractivity contribution is 7.89. The summed E-state index contributed by atoms with van der Waals surface area (Å²) in [6.07, 6.45) is 0.965. The van der Waals surface area contributed by atoms with Gasteiger partial charge >= 0.3 is 0 Å². The molecule has 0 rings (SSSR count). The standard InChI is InChI=1S/C12H27NO3S/c1-10(2)11(9-17(13,14)15)8-16-7-6-12(3,4)5/h10-11H,6-9H2,1-5H3,(H2,13,14,15). The molecule has 17 heavy (non-hydrogen) atoms. The van der Waals surface area contributed by atoms with Crippen LogP contribution in [-0.2, 0) is 14.8 Å². The molecule has 0 heterocycles. The van der Waals surface area contributed by atoms with Crippen LogP contribution in [0.15, 0.2) is 0 Å². The van der Waals surface area contributed by atoms with Crippen molar-refractivity contribution in [3.8, 4) is 0 Å². The average Bonchev–Trinajstić information content (AvgIpc) is 2.06. The molecule has 0 aliphatic heterocycles. The van der Waals surface area contributed by atoms with E-state index in [1.807, 2.05) is 13.8 Å². The zero-order valence-electron chi connectivity index (χ0n) is 11.7. The van der Waals surface area contributed by atoms with E-state index in [0.717, 1.165) is 6.42 Å². The Morgan fingerprint density at radius 3 is 2.12 bits per heavy atom. The Bertz CT molecular complexity index is 304. The number of hydrogen-bond acceptors (Lipinski definition) is 3. The number of sulfonamides is 1. The van der Waals surface area contributed by atoms with Gasteiger partial charge in [-0.3, -0.25) is 0 Å². The summed E-state index contributed by atoms with van der Waals surface area (Å²) in [5.41, 5.74) is 0.243. The van der Waals surface area contributed by atoms with E-state index < -0.39 is 10.0 Å². The molecule has 0 saturated heterocycles. The first kappa shape index (κ1) is 16.9. The minimum atomic E-state index is -3.41. The van der Waals surface area contributed by atoms with Crippen LogP contribution in [0.2, 0.25) is 0 Å². The number of hydrogen-bond donors (Lipinski definition) is 1. The molecule has 0 aromatic rings. The van der Waals surface area contributed by atoms with Crippen molar-refractivity contribution >= 4 is 10.0 Å². The van der Waals surface area contributed by atoms with Crippen LogP contribution < -0.4 is 5.14 Å². The predicted molar refractivity (Wildman–Crippen MR) is 71.2 cm³/mol. The first-order chi connectivity index (χ1) is 7.51. The summed E-state index contributed by atoms with van der Waals surface area (Å²) in [5.74, 6) is 0.230. The predicted octanol–water partition coefficient (Wildman–Crippen LogP) is 2.00. The summed E-state index contributed by atoms with van der Waals surface area (Å²) in [6.45, 7) is 11.6. The van der Waals surface area contributed by atoms with Crippen LogP contribution in [0.3, 0.4) is 0 Å². The van der Waals surface area contributed by atoms with E-state index in [1.165, 1.54) is 0 Å². The van der Waals surface area contributed by atoms with Gasteiger partial charge in [0.15, 0.2) is 0 Å². The van der Waals surface area contributed by atoms with Gasteiger partial charge in [0.05, 0.1) is 12.4 Å². The minimum Gasteiger partial charge on any atom is -0.381 e. The normalized spacial score (nSPS) is 15.2. The second kappa shape index (κ2) is 6.71. The molecule has 1 atom stereocenters. The highest BCUT2D eigenvalue weighted by Crippen LogP contribution is 2.19. The van der Waals surface area contributed by atoms with Gasteiger partial charge in [-0.25, -0.2) is 13.6 Å². The Labute approximate surface area is 106 Å². The van der Waals surface area contributed by atoms with E-state index in [2.05, 4.69) is 20.8 Å². The molecule has 0 saturated carbocycles. The van der Waals surface area contributed by atoms with E-state index in [-0.39, 0.29) is 23.0 Å². The second-order valence-electron chi connectivity index (χ2n) is 6.22. The lowest BCUT2D eigenvalue weighted by Crippen LogP contribution is -2.29. The number of primary sulfonamides is 1. The molecule has 5 heteroatoms. The fraction of sp³-hybridized carbons (Fsp3) is 1.00. The molecule has 0 bridgehead atoms. The third-order valence-electron chi connectivity index (χ3n) is 2.72. The van der Waals surface area contributed by atoms with Crippen LogP contribution in [0.1, 0.15) is 41.0 Å². The van der Waals surface area contributed by atoms with E-state index in [9.17, 15) is 8.42 Å². The molecule has 4 nitrogen and oxygen atoms in total. The fourth-order valence-electron chi connectivity index (χ4n) is 1.34. The molecule has 0 aliphatic carbocycles. The van der Waals surface area contributed by atoms with Crippen LogP contribution in [-0.4, -0.2) is 27.4 Å². The first-order valence-electron chi connectivity index (χ1n) is 6.09. The molecular weight excluding hydrogens is 238 g/mol. The molecule has 1 unspecified atom stereocenters. The SMILES string of the molecule is CC(C)C(COCCC(C)(C)C)CS(N)(=O)=O. The van der Waals surface area contributed by atoms with Gasteiger partial charge < -0.3 is 4.74 Å². The molecular formula is C12H27NO3S. The molecule has 0 aromatic carbocycles. The van der Waals surface area contributed by atoms with Crippen molar-refractivity contribution in [3.05, 3.63) is 0 Å². The molecule has 2 N–H and O–H groups in total. The van der Waals surface area contributed by atoms with Gasteiger partial charge in [-0.15, -0.1) is 0 Å². The van der Waals surface area contributed by atoms with E-state index in [1.54, 1.807) is 0 Å². The van der Waals surface area contributed by atoms with Gasteiger partial charge in [0.1, 0.15) is 0 Å². The quantitative estimate of drug-likeness (QED) is 0.716. The number of rotatable bonds is 7. The lowest BCUT2D eigenvalue weighted by molar-refractivity contribution is 0.0728. The van der Waals surface area contributed by atoms with Gasteiger partial charge in [-0.05, 0) is 23.7 Å². The maximum atomic E-state index is 11.1. The zero-order valence-corrected chi connectivity index (χ0v) is 12.5. The highest BCUT2D eigenvalue weighted by atomic mass is 32.2. The molecule has 0 fully saturated rings. The third-order valence-corrected chi connectivity index (χ3v) is 3.61. The van der Waals surface area contributed by atoms with Gasteiger partial charge in [-0.1, -0.05) is 34.6 Å². The number of ether oxygens (including phenoxy) is 1. The van der Waals surface area contributed by atoms with Crippen molar-refractivity contribution in [2.75, 3.05) is 19.0 Å². The Hall–Kier alpha value is -0.130. The van der Waals surface area contributed by atoms with Crippen LogP contribution in [0, 0.1) is 17.3 Å². The average molecular weight is 265 g/mol. The van der Waals surface area contributed by atoms with Crippen molar-refractivity contribution in [2.24, 2.45) is 22.4 Å². The molecule has 0 radical (unpaired) electrons. The summed E-state index contributed by atoms with van der Waals surface area (Å²) in [4.78, 5) is 0. The van der Waals surface area contributed by atoms with Crippen molar-refractivity contribution in [1.29, 1.82) is 0 Å². The lowest BCUT2D eigenvalue weighted by atomic mass is 9.93. The van der Waals surface area contributed by atoms with Gasteiger partial charge in [0.25, 0.3) is 0 Å². The van der Waals surface area contributed by atoms with Crippen LogP contribution in [0.25, 0.3) is 0 Å². The Kier molecular flexibility index (Phi) is 6.66. The van der Waals surface area contributed by atoms with Crippen molar-refractivity contribution in [2.45, 2.75) is 41.0 Å². The number of nitrogens with two attached hydrogens (primary N) is 1. The molecule has 104 valence electrons. The summed E-state index contributed by atoms with van der Waals surface area (Å²) >= 11 is 0. The maximum Gasteiger partial charge on any atom is 0.209 e. The van der Waals surface area contributed by atoms with Crippen LogP contribution in [0.4, 0.5) is 0 Å². The Balaban J connectivity index is 4.04. The van der Waals surface area contributed by atoms with Gasteiger partial charge in [-0.2, -0.15) is 0 Å². The van der Waals surface area contributed by atoms with E-state index >= 15 is 0 Å².